The van der Waals surface area contributed by atoms with Gasteiger partial charge in [-0.15, -0.1) is 0 Å². The van der Waals surface area contributed by atoms with Crippen LogP contribution in [0.4, 0.5) is 26.3 Å². The molecule has 0 amide bonds. The first kappa shape index (κ1) is 45.4. The molecular formula is C37H36BBrCl2F6N4O4. The first-order chi connectivity index (χ1) is 25.7. The van der Waals surface area contributed by atoms with E-state index in [1.807, 2.05) is 74.4 Å². The van der Waals surface area contributed by atoms with Crippen LogP contribution in [-0.4, -0.2) is 76.7 Å². The van der Waals surface area contributed by atoms with Crippen molar-refractivity contribution < 1.29 is 46.3 Å². The Balaban J connectivity index is 0.000000226. The second kappa shape index (κ2) is 19.7. The molecule has 0 saturated carbocycles. The fourth-order valence-corrected chi connectivity index (χ4v) is 6.12. The van der Waals surface area contributed by atoms with Crippen molar-refractivity contribution >= 4 is 80.0 Å². The molecule has 0 saturated heterocycles. The highest BCUT2D eigenvalue weighted by molar-refractivity contribution is 9.10. The lowest BCUT2D eigenvalue weighted by Gasteiger charge is -2.15. The van der Waals surface area contributed by atoms with Crippen molar-refractivity contribution in [2.45, 2.75) is 25.4 Å². The number of aromatic amines is 2. The number of halogens is 9. The van der Waals surface area contributed by atoms with E-state index in [0.29, 0.717) is 54.9 Å². The largest absolute Gasteiger partial charge is 0.488 e. The topological polar surface area (TPSA) is 116 Å². The summed E-state index contributed by atoms with van der Waals surface area (Å²) in [6.07, 6.45) is -8.77. The van der Waals surface area contributed by atoms with Gasteiger partial charge in [0.05, 0.1) is 10.0 Å². The summed E-state index contributed by atoms with van der Waals surface area (Å²) in [7, 11) is 6.43. The van der Waals surface area contributed by atoms with Gasteiger partial charge in [0.25, 0.3) is 6.47 Å². The lowest BCUT2D eigenvalue weighted by molar-refractivity contribution is -0.141. The van der Waals surface area contributed by atoms with Crippen LogP contribution in [0.5, 0.6) is 0 Å². The average Bonchev–Trinajstić information content (AvgIpc) is 3.70. The summed E-state index contributed by atoms with van der Waals surface area (Å²) < 4.78 is 76.3. The number of H-pyrrole nitrogens is 2. The van der Waals surface area contributed by atoms with Gasteiger partial charge in [-0.1, -0.05) is 71.7 Å². The quantitative estimate of drug-likeness (QED) is 0.0648. The van der Waals surface area contributed by atoms with Crippen molar-refractivity contribution in [1.29, 1.82) is 0 Å². The third kappa shape index (κ3) is 13.0. The van der Waals surface area contributed by atoms with E-state index in [2.05, 4.69) is 25.9 Å². The minimum atomic E-state index is -4.41. The van der Waals surface area contributed by atoms with E-state index >= 15 is 0 Å². The molecule has 5 N–H and O–H groups in total. The lowest BCUT2D eigenvalue weighted by atomic mass is 9.77. The first-order valence-electron chi connectivity index (χ1n) is 16.0. The van der Waals surface area contributed by atoms with Gasteiger partial charge >= 0.3 is 19.5 Å². The van der Waals surface area contributed by atoms with Crippen LogP contribution < -0.4 is 5.46 Å². The molecule has 0 spiro atoms. The van der Waals surface area contributed by atoms with Crippen LogP contribution in [0.15, 0.2) is 89.4 Å². The summed E-state index contributed by atoms with van der Waals surface area (Å²) in [5, 5.41) is 26.7. The normalized spacial score (nSPS) is 11.4. The molecule has 294 valence electrons. The van der Waals surface area contributed by atoms with Gasteiger partial charge in [0.15, 0.2) is 0 Å². The molecule has 18 heteroatoms. The van der Waals surface area contributed by atoms with Crippen LogP contribution in [0, 0.1) is 0 Å². The summed E-state index contributed by atoms with van der Waals surface area (Å²) >= 11 is 15.3. The van der Waals surface area contributed by atoms with Crippen LogP contribution in [0.1, 0.15) is 22.5 Å². The number of carbonyl (C=O) groups is 1. The van der Waals surface area contributed by atoms with Gasteiger partial charge in [0, 0.05) is 44.9 Å². The number of carboxylic acid groups (broad SMARTS) is 1. The Hall–Kier alpha value is -4.03. The summed E-state index contributed by atoms with van der Waals surface area (Å²) in [5.41, 5.74) is 3.45. The number of rotatable bonds is 6. The fourth-order valence-electron chi connectivity index (χ4n) is 5.33. The number of nitrogens with one attached hydrogen (secondary N) is 2. The third-order valence-electron chi connectivity index (χ3n) is 7.59. The predicted octanol–water partition coefficient (Wildman–Crippen LogP) is 9.30. The summed E-state index contributed by atoms with van der Waals surface area (Å²) in [6, 6.07) is 23.5. The smallest absolute Gasteiger partial charge is 0.483 e. The summed E-state index contributed by atoms with van der Waals surface area (Å²) in [4.78, 5) is 17.0. The Morgan fingerprint density at radius 2 is 1.13 bits per heavy atom. The number of aromatic nitrogens is 2. The van der Waals surface area contributed by atoms with Crippen molar-refractivity contribution in [2.75, 3.05) is 28.2 Å². The zero-order valence-corrected chi connectivity index (χ0v) is 32.8. The predicted molar refractivity (Wildman–Crippen MR) is 209 cm³/mol. The van der Waals surface area contributed by atoms with E-state index < -0.39 is 30.9 Å². The molecule has 0 aliphatic rings. The second-order valence-corrected chi connectivity index (χ2v) is 14.1. The maximum Gasteiger partial charge on any atom is 0.488 e. The number of benzene rings is 4. The maximum atomic E-state index is 12.9. The number of hydrogen-bond acceptors (Lipinski definition) is 5. The Bertz CT molecular complexity index is 2150. The number of fused-ring (bicyclic) bond motifs is 2. The van der Waals surface area contributed by atoms with Crippen LogP contribution in [0.2, 0.25) is 10.0 Å². The van der Waals surface area contributed by atoms with Crippen LogP contribution in [-0.2, 0) is 30.2 Å². The molecule has 0 fully saturated rings. The second-order valence-electron chi connectivity index (χ2n) is 12.4. The van der Waals surface area contributed by atoms with Gasteiger partial charge in [0.1, 0.15) is 11.4 Å². The van der Waals surface area contributed by atoms with Crippen molar-refractivity contribution in [3.05, 3.63) is 122 Å². The molecule has 55 heavy (non-hydrogen) atoms. The van der Waals surface area contributed by atoms with Crippen LogP contribution >= 0.6 is 39.1 Å². The summed E-state index contributed by atoms with van der Waals surface area (Å²) in [5.74, 6) is 0. The molecule has 0 aliphatic heterocycles. The van der Waals surface area contributed by atoms with E-state index in [-0.39, 0.29) is 6.47 Å². The molecule has 0 aliphatic carbocycles. The van der Waals surface area contributed by atoms with Gasteiger partial charge in [-0.3, -0.25) is 4.79 Å². The van der Waals surface area contributed by atoms with Gasteiger partial charge in [0.2, 0.25) is 0 Å². The monoisotopic (exact) mass is 874 g/mol. The molecule has 0 unspecified atom stereocenters. The SMILES string of the molecule is CN(C)Cc1ccccc1-c1cc2cc(C(F)(F)F)[nH]c2cc1Cl.CN(C)Cc1ccccc1B(O)O.FC(F)(F)c1cc2cc(Br)c(Cl)cc2[nH]1.O=CO. The van der Waals surface area contributed by atoms with Crippen molar-refractivity contribution in [3.8, 4) is 11.1 Å². The van der Waals surface area contributed by atoms with E-state index in [9.17, 15) is 26.3 Å². The molecule has 6 rings (SSSR count). The first-order valence-corrected chi connectivity index (χ1v) is 17.5. The Kier molecular flexibility index (Phi) is 16.3. The lowest BCUT2D eigenvalue weighted by Crippen LogP contribution is -2.34. The molecule has 0 bridgehead atoms. The Morgan fingerprint density at radius 1 is 0.691 bits per heavy atom. The van der Waals surface area contributed by atoms with Gasteiger partial charge in [-0.05, 0) is 103 Å². The minimum absolute atomic E-state index is 0.250. The molecule has 0 radical (unpaired) electrons. The van der Waals surface area contributed by atoms with E-state index in [0.717, 1.165) is 34.4 Å². The molecule has 4 aromatic carbocycles. The molecule has 2 heterocycles. The highest BCUT2D eigenvalue weighted by atomic mass is 79.9. The average molecular weight is 876 g/mol. The number of hydrogen-bond donors (Lipinski definition) is 5. The van der Waals surface area contributed by atoms with Crippen molar-refractivity contribution in [3.63, 3.8) is 0 Å². The molecule has 8 nitrogen and oxygen atoms in total. The Labute approximate surface area is 331 Å². The standard InChI is InChI=1S/C18H16ClF3N2.C9H14BNO2.C9H4BrClF3N.CH2O2/c1-24(2)10-11-5-3-4-6-13(11)14-7-12-8-17(18(20,21)22)23-16(12)9-15(14)19;1-11(2)7-8-5-3-4-6-9(8)10(12)13;10-5-1-4-2-8(9(12,13)14)15-7(4)3-6(5)11;2-1-3/h3-9,23H,10H2,1-2H3;3-6,12-13H,7H2,1-2H3;1-3,15H;1H,(H,2,3). The van der Waals surface area contributed by atoms with Crippen LogP contribution in [0.25, 0.3) is 32.9 Å². The van der Waals surface area contributed by atoms with E-state index in [1.165, 1.54) is 6.07 Å². The fraction of sp³-hybridized carbons (Fsp3) is 0.216. The number of nitrogens with zero attached hydrogens (tertiary/aromatic N) is 2. The molecule has 0 atom stereocenters. The highest BCUT2D eigenvalue weighted by Crippen LogP contribution is 2.38. The minimum Gasteiger partial charge on any atom is -0.483 e. The zero-order valence-electron chi connectivity index (χ0n) is 29.7. The van der Waals surface area contributed by atoms with Crippen molar-refractivity contribution in [1.82, 2.24) is 19.8 Å². The molecule has 2 aromatic heterocycles. The zero-order chi connectivity index (χ0) is 41.2. The van der Waals surface area contributed by atoms with Gasteiger partial charge in [-0.25, -0.2) is 0 Å². The van der Waals surface area contributed by atoms with E-state index in [4.69, 9.17) is 43.2 Å². The van der Waals surface area contributed by atoms with Gasteiger partial charge in [-0.2, -0.15) is 26.3 Å². The highest BCUT2D eigenvalue weighted by Gasteiger charge is 2.33. The van der Waals surface area contributed by atoms with E-state index in [1.54, 1.807) is 30.3 Å². The third-order valence-corrected chi connectivity index (χ3v) is 9.10. The molecular weight excluding hydrogens is 840 g/mol. The summed E-state index contributed by atoms with van der Waals surface area (Å²) in [6.45, 7) is 1.18. The maximum absolute atomic E-state index is 12.9. The molecule has 6 aromatic rings. The van der Waals surface area contributed by atoms with Crippen molar-refractivity contribution in [2.24, 2.45) is 0 Å². The van der Waals surface area contributed by atoms with Gasteiger partial charge < -0.3 is 34.9 Å². The Morgan fingerprint density at radius 3 is 1.62 bits per heavy atom. The number of alkyl halides is 6. The van der Waals surface area contributed by atoms with Crippen LogP contribution in [0.3, 0.4) is 0 Å².